The molecular weight excluding hydrogens is 374 g/mol. The molecule has 0 aliphatic heterocycles. The van der Waals surface area contributed by atoms with E-state index in [1.807, 2.05) is 110 Å². The van der Waals surface area contributed by atoms with Crippen molar-refractivity contribution in [1.29, 1.82) is 0 Å². The summed E-state index contributed by atoms with van der Waals surface area (Å²) in [4.78, 5) is 11.1. The largest absolute Gasteiger partial charge is 0.457 e. The lowest BCUT2D eigenvalue weighted by Crippen LogP contribution is -2.13. The molecule has 4 aromatic rings. The highest BCUT2D eigenvalue weighted by Crippen LogP contribution is 2.26. The smallest absolute Gasteiger partial charge is 0.231 e. The average Bonchev–Trinajstić information content (AvgIpc) is 2.76. The first-order valence-electron chi connectivity index (χ1n) is 9.64. The molecule has 0 atom stereocenters. The van der Waals surface area contributed by atoms with Crippen LogP contribution in [0.25, 0.3) is 0 Å². The van der Waals surface area contributed by atoms with Gasteiger partial charge in [0, 0.05) is 31.5 Å². The predicted molar refractivity (Wildman–Crippen MR) is 122 cm³/mol. The Morgan fingerprint density at radius 2 is 1.27 bits per heavy atom. The molecule has 6 heteroatoms. The summed E-state index contributed by atoms with van der Waals surface area (Å²) >= 11 is 0. The van der Waals surface area contributed by atoms with E-state index in [0.717, 1.165) is 28.7 Å². The van der Waals surface area contributed by atoms with Crippen LogP contribution < -0.4 is 20.3 Å². The summed E-state index contributed by atoms with van der Waals surface area (Å²) in [6.45, 7) is 0. The zero-order chi connectivity index (χ0) is 20.8. The van der Waals surface area contributed by atoms with Crippen molar-refractivity contribution < 1.29 is 4.74 Å². The molecule has 4 rings (SSSR count). The van der Waals surface area contributed by atoms with Gasteiger partial charge in [-0.1, -0.05) is 36.4 Å². The lowest BCUT2D eigenvalue weighted by atomic mass is 10.3. The van der Waals surface area contributed by atoms with Gasteiger partial charge in [-0.15, -0.1) is 0 Å². The van der Waals surface area contributed by atoms with Gasteiger partial charge in [-0.05, 0) is 48.5 Å². The first-order valence-corrected chi connectivity index (χ1v) is 9.64. The maximum absolute atomic E-state index is 5.85. The SMILES string of the molecule is CN(C)c1cc(Nc2ccc(Oc3ccccc3)cc2)nc(Nc2ccccc2)n1. The topological polar surface area (TPSA) is 62.3 Å². The zero-order valence-corrected chi connectivity index (χ0v) is 16.9. The molecule has 0 bridgehead atoms. The zero-order valence-electron chi connectivity index (χ0n) is 16.9. The van der Waals surface area contributed by atoms with Crippen molar-refractivity contribution in [3.8, 4) is 11.5 Å². The summed E-state index contributed by atoms with van der Waals surface area (Å²) in [5, 5.41) is 6.60. The second kappa shape index (κ2) is 8.96. The molecule has 0 saturated carbocycles. The summed E-state index contributed by atoms with van der Waals surface area (Å²) in [5.41, 5.74) is 1.84. The number of ether oxygens (including phenoxy) is 1. The van der Waals surface area contributed by atoms with Gasteiger partial charge >= 0.3 is 0 Å². The number of nitrogens with zero attached hydrogens (tertiary/aromatic N) is 3. The van der Waals surface area contributed by atoms with Crippen LogP contribution in [0.5, 0.6) is 11.5 Å². The summed E-state index contributed by atoms with van der Waals surface area (Å²) < 4.78 is 5.85. The highest BCUT2D eigenvalue weighted by atomic mass is 16.5. The van der Waals surface area contributed by atoms with E-state index in [0.29, 0.717) is 11.8 Å². The van der Waals surface area contributed by atoms with Gasteiger partial charge < -0.3 is 20.3 Å². The number of aromatic nitrogens is 2. The van der Waals surface area contributed by atoms with E-state index >= 15 is 0 Å². The van der Waals surface area contributed by atoms with Gasteiger partial charge in [0.2, 0.25) is 5.95 Å². The maximum atomic E-state index is 5.85. The molecule has 0 fully saturated rings. The van der Waals surface area contributed by atoms with Crippen molar-refractivity contribution in [3.05, 3.63) is 91.0 Å². The van der Waals surface area contributed by atoms with Crippen molar-refractivity contribution in [3.63, 3.8) is 0 Å². The minimum atomic E-state index is 0.527. The van der Waals surface area contributed by atoms with Crippen molar-refractivity contribution in [1.82, 2.24) is 9.97 Å². The quantitative estimate of drug-likeness (QED) is 0.410. The Hall–Kier alpha value is -4.06. The van der Waals surface area contributed by atoms with Crippen molar-refractivity contribution in [2.24, 2.45) is 0 Å². The highest BCUT2D eigenvalue weighted by Gasteiger charge is 2.08. The van der Waals surface area contributed by atoms with Gasteiger partial charge in [-0.25, -0.2) is 0 Å². The van der Waals surface area contributed by atoms with Gasteiger partial charge in [-0.3, -0.25) is 0 Å². The first-order chi connectivity index (χ1) is 14.7. The Morgan fingerprint density at radius 3 is 1.93 bits per heavy atom. The van der Waals surface area contributed by atoms with Crippen LogP contribution in [0.4, 0.5) is 29.0 Å². The van der Waals surface area contributed by atoms with E-state index in [4.69, 9.17) is 4.74 Å². The number of anilines is 5. The normalized spacial score (nSPS) is 10.3. The van der Waals surface area contributed by atoms with Crippen molar-refractivity contribution in [2.45, 2.75) is 0 Å². The summed E-state index contributed by atoms with van der Waals surface area (Å²) in [6.07, 6.45) is 0. The van der Waals surface area contributed by atoms with Gasteiger partial charge in [0.1, 0.15) is 23.1 Å². The van der Waals surface area contributed by atoms with Crippen LogP contribution in [0, 0.1) is 0 Å². The van der Waals surface area contributed by atoms with Gasteiger partial charge in [0.15, 0.2) is 0 Å². The second-order valence-electron chi connectivity index (χ2n) is 6.88. The first kappa shape index (κ1) is 19.3. The Morgan fingerprint density at radius 1 is 0.667 bits per heavy atom. The fourth-order valence-electron chi connectivity index (χ4n) is 2.81. The standard InChI is InChI=1S/C24H23N5O/c1-29(2)23-17-22(27-24(28-23)26-18-9-5-3-6-10-18)25-19-13-15-21(16-14-19)30-20-11-7-4-8-12-20/h3-17H,1-2H3,(H2,25,26,27,28). The Balaban J connectivity index is 1.51. The van der Waals surface area contributed by atoms with Crippen molar-refractivity contribution in [2.75, 3.05) is 29.6 Å². The molecule has 30 heavy (non-hydrogen) atoms. The van der Waals surface area contributed by atoms with E-state index in [1.54, 1.807) is 0 Å². The molecule has 2 N–H and O–H groups in total. The van der Waals surface area contributed by atoms with E-state index in [2.05, 4.69) is 20.6 Å². The third kappa shape index (κ3) is 5.05. The number of rotatable bonds is 7. The number of nitrogens with one attached hydrogen (secondary N) is 2. The molecule has 1 heterocycles. The Labute approximate surface area is 176 Å². The van der Waals surface area contributed by atoms with Gasteiger partial charge in [0.25, 0.3) is 0 Å². The van der Waals surface area contributed by atoms with Crippen molar-refractivity contribution >= 4 is 29.0 Å². The van der Waals surface area contributed by atoms with Crippen LogP contribution in [0.2, 0.25) is 0 Å². The summed E-state index contributed by atoms with van der Waals surface area (Å²) in [6, 6.07) is 29.2. The van der Waals surface area contributed by atoms with Gasteiger partial charge in [-0.2, -0.15) is 9.97 Å². The molecule has 0 unspecified atom stereocenters. The molecule has 1 aromatic heterocycles. The molecule has 150 valence electrons. The monoisotopic (exact) mass is 397 g/mol. The van der Waals surface area contributed by atoms with Crippen LogP contribution in [-0.2, 0) is 0 Å². The molecule has 6 nitrogen and oxygen atoms in total. The molecule has 0 radical (unpaired) electrons. The minimum absolute atomic E-state index is 0.527. The molecular formula is C24H23N5O. The lowest BCUT2D eigenvalue weighted by molar-refractivity contribution is 0.483. The van der Waals surface area contributed by atoms with Crippen LogP contribution in [0.1, 0.15) is 0 Å². The van der Waals surface area contributed by atoms with E-state index in [-0.39, 0.29) is 0 Å². The Kier molecular flexibility index (Phi) is 5.75. The summed E-state index contributed by atoms with van der Waals surface area (Å²) in [7, 11) is 3.91. The average molecular weight is 397 g/mol. The summed E-state index contributed by atoms with van der Waals surface area (Å²) in [5.74, 6) is 3.61. The number of benzene rings is 3. The van der Waals surface area contributed by atoms with Crippen LogP contribution in [-0.4, -0.2) is 24.1 Å². The fraction of sp³-hybridized carbons (Fsp3) is 0.0833. The molecule has 0 aliphatic carbocycles. The van der Waals surface area contributed by atoms with E-state index in [1.165, 1.54) is 0 Å². The number of hydrogen-bond donors (Lipinski definition) is 2. The third-order valence-electron chi connectivity index (χ3n) is 4.31. The van der Waals surface area contributed by atoms with E-state index in [9.17, 15) is 0 Å². The minimum Gasteiger partial charge on any atom is -0.457 e. The predicted octanol–water partition coefficient (Wildman–Crippen LogP) is 5.82. The van der Waals surface area contributed by atoms with E-state index < -0.39 is 0 Å². The third-order valence-corrected chi connectivity index (χ3v) is 4.31. The molecule has 0 aliphatic rings. The maximum Gasteiger partial charge on any atom is 0.231 e. The molecule has 0 spiro atoms. The van der Waals surface area contributed by atoms with Gasteiger partial charge in [0.05, 0.1) is 0 Å². The molecule has 0 amide bonds. The molecule has 3 aromatic carbocycles. The Bertz CT molecular complexity index is 1080. The number of para-hydroxylation sites is 2. The lowest BCUT2D eigenvalue weighted by Gasteiger charge is -2.16. The fourth-order valence-corrected chi connectivity index (χ4v) is 2.81. The van der Waals surface area contributed by atoms with Crippen LogP contribution >= 0.6 is 0 Å². The number of hydrogen-bond acceptors (Lipinski definition) is 6. The van der Waals surface area contributed by atoms with Crippen LogP contribution in [0.15, 0.2) is 91.0 Å². The van der Waals surface area contributed by atoms with Crippen LogP contribution in [0.3, 0.4) is 0 Å². The molecule has 0 saturated heterocycles. The highest BCUT2D eigenvalue weighted by molar-refractivity contribution is 5.64. The second-order valence-corrected chi connectivity index (χ2v) is 6.88.